The van der Waals surface area contributed by atoms with Gasteiger partial charge in [-0.1, -0.05) is 0 Å². The molecule has 0 unspecified atom stereocenters. The van der Waals surface area contributed by atoms with Crippen molar-refractivity contribution in [1.29, 1.82) is 0 Å². The van der Waals surface area contributed by atoms with E-state index in [1.54, 1.807) is 6.92 Å². The number of amides is 1. The monoisotopic (exact) mass is 268 g/mol. The van der Waals surface area contributed by atoms with Gasteiger partial charge in [0.25, 0.3) is 5.91 Å². The lowest BCUT2D eigenvalue weighted by Crippen LogP contribution is -2.13. The second kappa shape index (κ2) is 5.01. The van der Waals surface area contributed by atoms with E-state index in [0.29, 0.717) is 0 Å². The highest BCUT2D eigenvalue weighted by atomic mass is 19.2. The first-order valence-corrected chi connectivity index (χ1v) is 5.37. The number of carbonyl (C=O) groups excluding carboxylic acids is 1. The smallest absolute Gasteiger partial charge is 0.271 e. The number of ether oxygens (including phenoxy) is 1. The van der Waals surface area contributed by atoms with Crippen LogP contribution in [0.5, 0.6) is 5.75 Å². The summed E-state index contributed by atoms with van der Waals surface area (Å²) in [5, 5.41) is 9.46. The number of rotatable bonds is 4. The molecule has 19 heavy (non-hydrogen) atoms. The summed E-state index contributed by atoms with van der Waals surface area (Å²) >= 11 is 0. The molecule has 100 valence electrons. The Hall–Kier alpha value is -2.51. The molecule has 3 N–H and O–H groups in total. The molecule has 2 rings (SSSR count). The average Bonchev–Trinajstić information content (AvgIpc) is 2.84. The lowest BCUT2D eigenvalue weighted by atomic mass is 10.1. The fraction of sp³-hybridized carbons (Fsp3) is 0.182. The first-order valence-electron chi connectivity index (χ1n) is 5.37. The fourth-order valence-corrected chi connectivity index (χ4v) is 1.57. The number of halogens is 2. The molecule has 0 spiro atoms. The van der Waals surface area contributed by atoms with E-state index in [0.717, 1.165) is 6.07 Å². The molecule has 1 heterocycles. The number of hydrogen-bond donors (Lipinski definition) is 2. The number of aromatic amines is 1. The molecule has 0 atom stereocenters. The van der Waals surface area contributed by atoms with Crippen molar-refractivity contribution in [3.8, 4) is 17.0 Å². The van der Waals surface area contributed by atoms with Crippen LogP contribution in [0, 0.1) is 11.6 Å². The number of carbonyl (C=O) groups is 1. The zero-order valence-corrected chi connectivity index (χ0v) is 9.91. The minimum atomic E-state index is -1.11. The van der Waals surface area contributed by atoms with Crippen LogP contribution in [-0.4, -0.2) is 27.9 Å². The summed E-state index contributed by atoms with van der Waals surface area (Å²) in [4.78, 5) is 11.1. The Morgan fingerprint density at radius 1 is 1.42 bits per heavy atom. The third kappa shape index (κ3) is 2.37. The van der Waals surface area contributed by atoms with Crippen LogP contribution in [0.15, 0.2) is 12.1 Å². The predicted molar refractivity (Wildman–Crippen MR) is 61.4 cm³/mol. The molecular weight excluding hydrogens is 258 g/mol. The van der Waals surface area contributed by atoms with Crippen LogP contribution >= 0.6 is 0 Å². The van der Waals surface area contributed by atoms with Crippen molar-refractivity contribution >= 4 is 5.91 Å². The Bertz CT molecular complexity index is 627. The highest BCUT2D eigenvalue weighted by Crippen LogP contribution is 2.28. The van der Waals surface area contributed by atoms with E-state index in [9.17, 15) is 13.6 Å². The van der Waals surface area contributed by atoms with Crippen molar-refractivity contribution in [2.75, 3.05) is 6.61 Å². The molecule has 0 bridgehead atoms. The normalized spacial score (nSPS) is 10.5. The molecule has 0 fully saturated rings. The van der Waals surface area contributed by atoms with E-state index in [4.69, 9.17) is 10.5 Å². The number of nitrogens with two attached hydrogens (primary N) is 1. The molecule has 6 nitrogen and oxygen atoms in total. The van der Waals surface area contributed by atoms with Gasteiger partial charge in [0.2, 0.25) is 5.82 Å². The van der Waals surface area contributed by atoms with E-state index < -0.39 is 17.5 Å². The fourth-order valence-electron chi connectivity index (χ4n) is 1.57. The molecule has 0 aliphatic carbocycles. The van der Waals surface area contributed by atoms with E-state index in [2.05, 4.69) is 15.4 Å². The van der Waals surface area contributed by atoms with Gasteiger partial charge in [0.15, 0.2) is 17.3 Å². The van der Waals surface area contributed by atoms with Crippen molar-refractivity contribution in [3.63, 3.8) is 0 Å². The third-order valence-electron chi connectivity index (χ3n) is 2.35. The first-order chi connectivity index (χ1) is 9.04. The lowest BCUT2D eigenvalue weighted by Gasteiger charge is -2.07. The molecular formula is C11H10F2N4O2. The van der Waals surface area contributed by atoms with Gasteiger partial charge >= 0.3 is 0 Å². The summed E-state index contributed by atoms with van der Waals surface area (Å²) in [6.07, 6.45) is 0. The molecule has 0 saturated heterocycles. The standard InChI is InChI=1S/C11H10F2N4O2/c1-2-19-7-4-5(3-6(12)8(7)13)9-10(11(14)18)16-17-15-9/h3-4H,2H2,1H3,(H2,14,18)(H,15,16,17). The minimum Gasteiger partial charge on any atom is -0.491 e. The van der Waals surface area contributed by atoms with Gasteiger partial charge in [0, 0.05) is 5.56 Å². The second-order valence-electron chi connectivity index (χ2n) is 3.59. The second-order valence-corrected chi connectivity index (χ2v) is 3.59. The first kappa shape index (κ1) is 12.9. The van der Waals surface area contributed by atoms with Crippen molar-refractivity contribution in [2.45, 2.75) is 6.92 Å². The van der Waals surface area contributed by atoms with Crippen molar-refractivity contribution in [2.24, 2.45) is 5.73 Å². The minimum absolute atomic E-state index is 0.0346. The average molecular weight is 268 g/mol. The maximum absolute atomic E-state index is 13.5. The summed E-state index contributed by atoms with van der Waals surface area (Å²) in [5.41, 5.74) is 5.12. The van der Waals surface area contributed by atoms with Gasteiger partial charge in [-0.25, -0.2) is 4.39 Å². The summed E-state index contributed by atoms with van der Waals surface area (Å²) in [6.45, 7) is 1.80. The Labute approximate surface area is 106 Å². The van der Waals surface area contributed by atoms with Gasteiger partial charge in [-0.15, -0.1) is 0 Å². The van der Waals surface area contributed by atoms with Crippen LogP contribution in [0.4, 0.5) is 8.78 Å². The Morgan fingerprint density at radius 3 is 2.79 bits per heavy atom. The van der Waals surface area contributed by atoms with Crippen LogP contribution in [0.3, 0.4) is 0 Å². The van der Waals surface area contributed by atoms with Crippen molar-refractivity contribution < 1.29 is 18.3 Å². The molecule has 0 radical (unpaired) electrons. The molecule has 0 saturated carbocycles. The number of H-pyrrole nitrogens is 1. The Balaban J connectivity index is 2.56. The SMILES string of the molecule is CCOc1cc(-c2n[nH]nc2C(N)=O)cc(F)c1F. The number of nitrogens with one attached hydrogen (secondary N) is 1. The van der Waals surface area contributed by atoms with Crippen LogP contribution in [-0.2, 0) is 0 Å². The number of hydrogen-bond acceptors (Lipinski definition) is 4. The maximum atomic E-state index is 13.5. The zero-order chi connectivity index (χ0) is 14.0. The van der Waals surface area contributed by atoms with Crippen molar-refractivity contribution in [1.82, 2.24) is 15.4 Å². The quantitative estimate of drug-likeness (QED) is 0.872. The molecule has 1 aromatic carbocycles. The van der Waals surface area contributed by atoms with E-state index >= 15 is 0 Å². The third-order valence-corrected chi connectivity index (χ3v) is 2.35. The molecule has 1 amide bonds. The van der Waals surface area contributed by atoms with Crippen LogP contribution < -0.4 is 10.5 Å². The van der Waals surface area contributed by atoms with Crippen molar-refractivity contribution in [3.05, 3.63) is 29.5 Å². The highest BCUT2D eigenvalue weighted by molar-refractivity contribution is 5.96. The van der Waals surface area contributed by atoms with Gasteiger partial charge in [-0.05, 0) is 19.1 Å². The summed E-state index contributed by atoms with van der Waals surface area (Å²) < 4.78 is 31.9. The number of primary amides is 1. The number of benzene rings is 1. The highest BCUT2D eigenvalue weighted by Gasteiger charge is 2.19. The maximum Gasteiger partial charge on any atom is 0.271 e. The molecule has 2 aromatic rings. The van der Waals surface area contributed by atoms with Crippen LogP contribution in [0.1, 0.15) is 17.4 Å². The van der Waals surface area contributed by atoms with Crippen LogP contribution in [0.25, 0.3) is 11.3 Å². The van der Waals surface area contributed by atoms with Gasteiger partial charge in [0.05, 0.1) is 6.61 Å². The van der Waals surface area contributed by atoms with Gasteiger partial charge in [-0.2, -0.15) is 19.8 Å². The van der Waals surface area contributed by atoms with Gasteiger partial charge < -0.3 is 10.5 Å². The molecule has 0 aliphatic heterocycles. The Kier molecular flexibility index (Phi) is 3.41. The zero-order valence-electron chi connectivity index (χ0n) is 9.91. The van der Waals surface area contributed by atoms with Gasteiger partial charge in [-0.3, -0.25) is 4.79 Å². The summed E-state index contributed by atoms with van der Waals surface area (Å²) in [5.74, 6) is -3.31. The molecule has 8 heteroatoms. The van der Waals surface area contributed by atoms with E-state index in [1.807, 2.05) is 0 Å². The number of nitrogens with zero attached hydrogens (tertiary/aromatic N) is 2. The van der Waals surface area contributed by atoms with Crippen LogP contribution in [0.2, 0.25) is 0 Å². The summed E-state index contributed by atoms with van der Waals surface area (Å²) in [6, 6.07) is 2.12. The lowest BCUT2D eigenvalue weighted by molar-refractivity contribution is 0.0996. The number of aromatic nitrogens is 3. The molecule has 0 aliphatic rings. The molecule has 1 aromatic heterocycles. The Morgan fingerprint density at radius 2 is 2.16 bits per heavy atom. The van der Waals surface area contributed by atoms with E-state index in [1.165, 1.54) is 6.07 Å². The topological polar surface area (TPSA) is 93.9 Å². The van der Waals surface area contributed by atoms with E-state index in [-0.39, 0.29) is 29.3 Å². The summed E-state index contributed by atoms with van der Waals surface area (Å²) in [7, 11) is 0. The largest absolute Gasteiger partial charge is 0.491 e. The predicted octanol–water partition coefficient (Wildman–Crippen LogP) is 1.25. The van der Waals surface area contributed by atoms with Gasteiger partial charge in [0.1, 0.15) is 5.69 Å².